The zero-order valence-electron chi connectivity index (χ0n) is 20.3. The zero-order valence-corrected chi connectivity index (χ0v) is 20.3. The summed E-state index contributed by atoms with van der Waals surface area (Å²) < 4.78 is 5.92. The van der Waals surface area contributed by atoms with Crippen LogP contribution in [0.3, 0.4) is 0 Å². The smallest absolute Gasteiger partial charge is 0.255 e. The molecule has 1 amide bonds. The van der Waals surface area contributed by atoms with E-state index in [4.69, 9.17) is 15.5 Å². The highest BCUT2D eigenvalue weighted by Gasteiger charge is 2.16. The average molecular weight is 498 g/mol. The summed E-state index contributed by atoms with van der Waals surface area (Å²) in [7, 11) is 0. The van der Waals surface area contributed by atoms with Crippen molar-refractivity contribution < 1.29 is 9.53 Å². The lowest BCUT2D eigenvalue weighted by atomic mass is 10.0. The van der Waals surface area contributed by atoms with Crippen LogP contribution in [-0.2, 0) is 0 Å². The molecule has 6 aromatic rings. The molecule has 0 aliphatic heterocycles. The SMILES string of the molecule is Nc1n[nH]c2c(-c3ccc(NC(=O)c4ccccc4)cc3)ncc(-c3ccc(Oc4ccccc4)cc3)c12. The third-order valence-corrected chi connectivity index (χ3v) is 6.22. The first-order chi connectivity index (χ1) is 18.7. The number of benzene rings is 4. The van der Waals surface area contributed by atoms with Crippen LogP contribution in [0.25, 0.3) is 33.3 Å². The van der Waals surface area contributed by atoms with E-state index < -0.39 is 0 Å². The summed E-state index contributed by atoms with van der Waals surface area (Å²) in [4.78, 5) is 17.2. The number of para-hydroxylation sites is 1. The highest BCUT2D eigenvalue weighted by Crippen LogP contribution is 2.36. The number of carbonyl (C=O) groups excluding carboxylic acids is 1. The number of anilines is 2. The van der Waals surface area contributed by atoms with Gasteiger partial charge in [-0.3, -0.25) is 14.9 Å². The number of H-pyrrole nitrogens is 1. The fraction of sp³-hybridized carbons (Fsp3) is 0. The van der Waals surface area contributed by atoms with E-state index in [9.17, 15) is 4.79 Å². The topological polar surface area (TPSA) is 106 Å². The van der Waals surface area contributed by atoms with Gasteiger partial charge < -0.3 is 15.8 Å². The van der Waals surface area contributed by atoms with Gasteiger partial charge in [0.1, 0.15) is 11.5 Å². The van der Waals surface area contributed by atoms with Crippen LogP contribution in [-0.4, -0.2) is 21.1 Å². The number of aromatic nitrogens is 3. The number of ether oxygens (including phenoxy) is 1. The Morgan fingerprint density at radius 2 is 1.39 bits per heavy atom. The number of nitrogens with one attached hydrogen (secondary N) is 2. The number of hydrogen-bond donors (Lipinski definition) is 3. The number of nitrogen functional groups attached to an aromatic ring is 1. The Labute approximate surface area is 218 Å². The Balaban J connectivity index is 1.27. The molecular formula is C31H23N5O2. The van der Waals surface area contributed by atoms with Gasteiger partial charge in [0, 0.05) is 28.6 Å². The van der Waals surface area contributed by atoms with E-state index in [1.807, 2.05) is 103 Å². The molecule has 184 valence electrons. The molecule has 2 heterocycles. The zero-order chi connectivity index (χ0) is 25.9. The molecule has 7 nitrogen and oxygen atoms in total. The Hall–Kier alpha value is -5.43. The molecule has 4 aromatic carbocycles. The molecule has 0 saturated heterocycles. The van der Waals surface area contributed by atoms with Crippen molar-refractivity contribution in [2.24, 2.45) is 0 Å². The maximum Gasteiger partial charge on any atom is 0.255 e. The maximum atomic E-state index is 12.5. The number of amides is 1. The molecule has 0 spiro atoms. The number of nitrogens with two attached hydrogens (primary N) is 1. The van der Waals surface area contributed by atoms with E-state index in [0.717, 1.165) is 44.8 Å². The normalized spacial score (nSPS) is 10.8. The molecule has 0 fully saturated rings. The van der Waals surface area contributed by atoms with Crippen LogP contribution in [0.5, 0.6) is 11.5 Å². The van der Waals surface area contributed by atoms with Gasteiger partial charge in [0.15, 0.2) is 5.82 Å². The monoisotopic (exact) mass is 497 g/mol. The van der Waals surface area contributed by atoms with Crippen molar-refractivity contribution in [1.29, 1.82) is 0 Å². The summed E-state index contributed by atoms with van der Waals surface area (Å²) in [6, 6.07) is 34.1. The van der Waals surface area contributed by atoms with Gasteiger partial charge in [0.05, 0.1) is 16.6 Å². The van der Waals surface area contributed by atoms with E-state index in [2.05, 4.69) is 15.5 Å². The van der Waals surface area contributed by atoms with Crippen molar-refractivity contribution >= 4 is 28.3 Å². The van der Waals surface area contributed by atoms with Crippen molar-refractivity contribution in [3.8, 4) is 33.9 Å². The molecule has 4 N–H and O–H groups in total. The molecule has 0 atom stereocenters. The Morgan fingerprint density at radius 3 is 2.11 bits per heavy atom. The second-order valence-electron chi connectivity index (χ2n) is 8.72. The number of nitrogens with zero attached hydrogens (tertiary/aromatic N) is 2. The van der Waals surface area contributed by atoms with Crippen molar-refractivity contribution in [3.05, 3.63) is 121 Å². The Bertz CT molecular complexity index is 1710. The largest absolute Gasteiger partial charge is 0.457 e. The molecule has 0 saturated carbocycles. The van der Waals surface area contributed by atoms with Gasteiger partial charge in [-0.2, -0.15) is 5.10 Å². The number of aromatic amines is 1. The minimum Gasteiger partial charge on any atom is -0.457 e. The Kier molecular flexibility index (Phi) is 6.00. The standard InChI is InChI=1S/C31H23N5O2/c32-30-27-26(20-13-17-25(18-14-20)38-24-9-5-2-6-10-24)19-33-28(29(27)35-36-30)21-11-15-23(16-12-21)34-31(37)22-7-3-1-4-8-22/h1-19H,(H,34,37)(H3,32,35,36). The van der Waals surface area contributed by atoms with E-state index in [1.165, 1.54) is 0 Å². The van der Waals surface area contributed by atoms with Crippen LogP contribution in [0.2, 0.25) is 0 Å². The van der Waals surface area contributed by atoms with Gasteiger partial charge in [0.25, 0.3) is 5.91 Å². The molecule has 0 bridgehead atoms. The highest BCUT2D eigenvalue weighted by molar-refractivity contribution is 6.07. The van der Waals surface area contributed by atoms with Crippen LogP contribution in [0, 0.1) is 0 Å². The molecule has 38 heavy (non-hydrogen) atoms. The minimum atomic E-state index is -0.162. The van der Waals surface area contributed by atoms with Gasteiger partial charge in [-0.1, -0.05) is 60.7 Å². The lowest BCUT2D eigenvalue weighted by Crippen LogP contribution is -2.11. The quantitative estimate of drug-likeness (QED) is 0.232. The highest BCUT2D eigenvalue weighted by atomic mass is 16.5. The number of carbonyl (C=O) groups is 1. The minimum absolute atomic E-state index is 0.162. The van der Waals surface area contributed by atoms with Crippen molar-refractivity contribution in [2.45, 2.75) is 0 Å². The lowest BCUT2D eigenvalue weighted by Gasteiger charge is -2.10. The molecular weight excluding hydrogens is 474 g/mol. The van der Waals surface area contributed by atoms with E-state index in [1.54, 1.807) is 12.1 Å². The van der Waals surface area contributed by atoms with Crippen molar-refractivity contribution in [2.75, 3.05) is 11.1 Å². The summed E-state index contributed by atoms with van der Waals surface area (Å²) in [5, 5.41) is 11.0. The molecule has 7 heteroatoms. The summed E-state index contributed by atoms with van der Waals surface area (Å²) in [5.74, 6) is 1.75. The van der Waals surface area contributed by atoms with Crippen LogP contribution in [0.4, 0.5) is 11.5 Å². The Morgan fingerprint density at radius 1 is 0.763 bits per heavy atom. The summed E-state index contributed by atoms with van der Waals surface area (Å²) >= 11 is 0. The third-order valence-electron chi connectivity index (χ3n) is 6.22. The van der Waals surface area contributed by atoms with Crippen LogP contribution in [0.1, 0.15) is 10.4 Å². The second kappa shape index (κ2) is 9.91. The number of hydrogen-bond acceptors (Lipinski definition) is 5. The van der Waals surface area contributed by atoms with Gasteiger partial charge in [-0.05, 0) is 54.1 Å². The van der Waals surface area contributed by atoms with E-state index in [-0.39, 0.29) is 5.91 Å². The summed E-state index contributed by atoms with van der Waals surface area (Å²) in [6.07, 6.45) is 1.81. The van der Waals surface area contributed by atoms with Crippen molar-refractivity contribution in [1.82, 2.24) is 15.2 Å². The summed E-state index contributed by atoms with van der Waals surface area (Å²) in [5.41, 5.74) is 11.7. The number of pyridine rings is 1. The second-order valence-corrected chi connectivity index (χ2v) is 8.72. The number of fused-ring (bicyclic) bond motifs is 1. The van der Waals surface area contributed by atoms with Crippen molar-refractivity contribution in [3.63, 3.8) is 0 Å². The fourth-order valence-electron chi connectivity index (χ4n) is 4.33. The molecule has 0 unspecified atom stereocenters. The van der Waals surface area contributed by atoms with Crippen LogP contribution < -0.4 is 15.8 Å². The first kappa shape index (κ1) is 23.0. The molecule has 0 aliphatic carbocycles. The van der Waals surface area contributed by atoms with Crippen LogP contribution >= 0.6 is 0 Å². The predicted octanol–water partition coefficient (Wildman–Crippen LogP) is 6.92. The first-order valence-corrected chi connectivity index (χ1v) is 12.1. The van der Waals surface area contributed by atoms with Crippen LogP contribution in [0.15, 0.2) is 115 Å². The van der Waals surface area contributed by atoms with Gasteiger partial charge in [-0.15, -0.1) is 0 Å². The van der Waals surface area contributed by atoms with Gasteiger partial charge >= 0.3 is 0 Å². The maximum absolute atomic E-state index is 12.5. The fourth-order valence-corrected chi connectivity index (χ4v) is 4.33. The lowest BCUT2D eigenvalue weighted by molar-refractivity contribution is 0.102. The molecule has 0 aliphatic rings. The third kappa shape index (κ3) is 4.56. The first-order valence-electron chi connectivity index (χ1n) is 12.1. The van der Waals surface area contributed by atoms with Gasteiger partial charge in [-0.25, -0.2) is 0 Å². The van der Waals surface area contributed by atoms with Gasteiger partial charge in [0.2, 0.25) is 0 Å². The number of rotatable bonds is 6. The van der Waals surface area contributed by atoms with E-state index >= 15 is 0 Å². The molecule has 6 rings (SSSR count). The molecule has 0 radical (unpaired) electrons. The average Bonchev–Trinajstić information content (AvgIpc) is 3.36. The molecule has 2 aromatic heterocycles. The van der Waals surface area contributed by atoms with E-state index in [0.29, 0.717) is 17.1 Å². The summed E-state index contributed by atoms with van der Waals surface area (Å²) in [6.45, 7) is 0. The predicted molar refractivity (Wildman–Crippen MR) is 150 cm³/mol.